The topological polar surface area (TPSA) is 15.8 Å². The molecule has 1 radical (unpaired) electrons. The van der Waals surface area contributed by atoms with Crippen LogP contribution >= 0.6 is 11.6 Å². The van der Waals surface area contributed by atoms with Gasteiger partial charge in [0, 0.05) is 32.7 Å². The van der Waals surface area contributed by atoms with Crippen LogP contribution in [0.2, 0.25) is 5.02 Å². The Morgan fingerprint density at radius 1 is 1.36 bits per heavy atom. The van der Waals surface area contributed by atoms with Crippen molar-refractivity contribution in [3.63, 3.8) is 0 Å². The number of hydrogen-bond donors (Lipinski definition) is 1. The van der Waals surface area contributed by atoms with E-state index in [1.165, 1.54) is 0 Å². The Balaban J connectivity index is 0.000000605. The molecule has 0 aliphatic rings. The molecule has 0 amide bonds. The van der Waals surface area contributed by atoms with Crippen molar-refractivity contribution in [1.82, 2.24) is 4.98 Å². The first kappa shape index (κ1) is 9.24. The van der Waals surface area contributed by atoms with Crippen molar-refractivity contribution >= 4 is 22.5 Å². The van der Waals surface area contributed by atoms with Crippen LogP contribution in [0.4, 0.5) is 0 Å². The van der Waals surface area contributed by atoms with Gasteiger partial charge in [0.1, 0.15) is 0 Å². The van der Waals surface area contributed by atoms with Crippen molar-refractivity contribution in [2.75, 3.05) is 0 Å². The van der Waals surface area contributed by atoms with Crippen LogP contribution < -0.4 is 0 Å². The van der Waals surface area contributed by atoms with Gasteiger partial charge in [0.15, 0.2) is 0 Å². The summed E-state index contributed by atoms with van der Waals surface area (Å²) in [5, 5.41) is 1.80. The van der Waals surface area contributed by atoms with E-state index in [2.05, 4.69) is 11.1 Å². The molecule has 11 heavy (non-hydrogen) atoms. The zero-order valence-corrected chi connectivity index (χ0v) is 9.36. The number of aromatic nitrogens is 1. The molecule has 2 rings (SSSR count). The van der Waals surface area contributed by atoms with E-state index in [4.69, 9.17) is 11.6 Å². The number of rotatable bonds is 0. The minimum Gasteiger partial charge on any atom is -0.414 e. The third-order valence-corrected chi connectivity index (χ3v) is 1.79. The summed E-state index contributed by atoms with van der Waals surface area (Å²) in [7, 11) is 0. The second kappa shape index (κ2) is 3.71. The summed E-state index contributed by atoms with van der Waals surface area (Å²) in [5.41, 5.74) is 1.03. The van der Waals surface area contributed by atoms with Gasteiger partial charge < -0.3 is 4.98 Å². The molecule has 0 aliphatic carbocycles. The second-order valence-corrected chi connectivity index (χ2v) is 2.52. The van der Waals surface area contributed by atoms with Crippen molar-refractivity contribution in [2.45, 2.75) is 0 Å². The Bertz CT molecular complexity index is 356. The van der Waals surface area contributed by atoms with Crippen LogP contribution in [-0.4, -0.2) is 4.98 Å². The second-order valence-electron chi connectivity index (χ2n) is 2.11. The minimum atomic E-state index is 0. The number of nitrogens with one attached hydrogen (secondary N) is 1. The Morgan fingerprint density at radius 3 is 2.91 bits per heavy atom. The number of H-pyrrole nitrogens is 1. The Kier molecular flexibility index (Phi) is 3.11. The Morgan fingerprint density at radius 2 is 2.18 bits per heavy atom. The maximum Gasteiger partial charge on any atom is 0 e. The van der Waals surface area contributed by atoms with Gasteiger partial charge in [-0.25, -0.2) is 0 Å². The van der Waals surface area contributed by atoms with Crippen molar-refractivity contribution in [2.24, 2.45) is 0 Å². The van der Waals surface area contributed by atoms with Crippen molar-refractivity contribution in [3.05, 3.63) is 35.5 Å². The van der Waals surface area contributed by atoms with Gasteiger partial charge >= 0.3 is 0 Å². The third kappa shape index (κ3) is 1.66. The normalized spacial score (nSPS) is 9.55. The summed E-state index contributed by atoms with van der Waals surface area (Å²) < 4.78 is 0. The van der Waals surface area contributed by atoms with E-state index in [0.29, 0.717) is 0 Å². The molecule has 2 aromatic rings. The van der Waals surface area contributed by atoms with Crippen LogP contribution in [0.1, 0.15) is 0 Å². The van der Waals surface area contributed by atoms with Crippen molar-refractivity contribution in [3.8, 4) is 0 Å². The number of aromatic amines is 1. The predicted octanol–water partition coefficient (Wildman–Crippen LogP) is 2.62. The predicted molar refractivity (Wildman–Crippen MR) is 42.1 cm³/mol. The van der Waals surface area contributed by atoms with E-state index in [-0.39, 0.29) is 32.7 Å². The van der Waals surface area contributed by atoms with E-state index in [0.717, 1.165) is 15.9 Å². The SMILES string of the molecule is Clc1c[c-]cc2[nH]ccc12.[Y]. The average molecular weight is 239 g/mol. The first-order valence-corrected chi connectivity index (χ1v) is 3.38. The van der Waals surface area contributed by atoms with Gasteiger partial charge in [-0.1, -0.05) is 22.0 Å². The van der Waals surface area contributed by atoms with Crippen LogP contribution in [0.25, 0.3) is 10.9 Å². The Labute approximate surface area is 95.0 Å². The quantitative estimate of drug-likeness (QED) is 0.680. The van der Waals surface area contributed by atoms with Gasteiger partial charge in [-0.15, -0.1) is 0 Å². The average Bonchev–Trinajstić information content (AvgIpc) is 2.36. The molecule has 0 saturated carbocycles. The molecular formula is C8H5ClNY-. The van der Waals surface area contributed by atoms with Gasteiger partial charge in [-0.05, 0) is 6.20 Å². The van der Waals surface area contributed by atoms with Crippen LogP contribution in [0, 0.1) is 6.07 Å². The summed E-state index contributed by atoms with van der Waals surface area (Å²) in [6, 6.07) is 8.51. The number of hydrogen-bond acceptors (Lipinski definition) is 0. The zero-order valence-electron chi connectivity index (χ0n) is 5.76. The number of fused-ring (bicyclic) bond motifs is 1. The molecule has 0 atom stereocenters. The fraction of sp³-hybridized carbons (Fsp3) is 0. The van der Waals surface area contributed by atoms with Gasteiger partial charge in [0.05, 0.1) is 0 Å². The molecule has 3 heteroatoms. The largest absolute Gasteiger partial charge is 0.414 e. The van der Waals surface area contributed by atoms with Crippen LogP contribution in [0.15, 0.2) is 24.4 Å². The summed E-state index contributed by atoms with van der Waals surface area (Å²) in [4.78, 5) is 3.04. The minimum absolute atomic E-state index is 0. The van der Waals surface area contributed by atoms with E-state index < -0.39 is 0 Å². The summed E-state index contributed by atoms with van der Waals surface area (Å²) in [6.07, 6.45) is 1.87. The first-order valence-electron chi connectivity index (χ1n) is 3.00. The van der Waals surface area contributed by atoms with Crippen LogP contribution in [0.5, 0.6) is 0 Å². The van der Waals surface area contributed by atoms with Crippen molar-refractivity contribution < 1.29 is 32.7 Å². The molecule has 0 bridgehead atoms. The molecule has 0 spiro atoms. The maximum atomic E-state index is 5.85. The molecule has 0 saturated heterocycles. The number of halogens is 1. The zero-order chi connectivity index (χ0) is 6.97. The molecule has 1 aromatic carbocycles. The summed E-state index contributed by atoms with van der Waals surface area (Å²) in [5.74, 6) is 0. The molecule has 1 aromatic heterocycles. The van der Waals surface area contributed by atoms with Crippen molar-refractivity contribution in [1.29, 1.82) is 0 Å². The van der Waals surface area contributed by atoms with E-state index >= 15 is 0 Å². The first-order chi connectivity index (χ1) is 4.88. The molecule has 53 valence electrons. The summed E-state index contributed by atoms with van der Waals surface area (Å²) >= 11 is 5.85. The molecule has 1 nitrogen and oxygen atoms in total. The standard InChI is InChI=1S/C8H5ClN.Y/c9-7-2-1-3-8-6(7)4-5-10-8;/h2-5,10H;/q-1;. The van der Waals surface area contributed by atoms with Gasteiger partial charge in [0.25, 0.3) is 0 Å². The monoisotopic (exact) mass is 239 g/mol. The maximum absolute atomic E-state index is 5.85. The number of benzene rings is 1. The molecule has 1 heterocycles. The molecular weight excluding hydrogens is 234 g/mol. The smallest absolute Gasteiger partial charge is 0 e. The summed E-state index contributed by atoms with van der Waals surface area (Å²) in [6.45, 7) is 0. The van der Waals surface area contributed by atoms with E-state index in [1.807, 2.05) is 18.3 Å². The van der Waals surface area contributed by atoms with E-state index in [1.54, 1.807) is 6.07 Å². The molecule has 0 fully saturated rings. The Hall–Kier alpha value is 0.154. The van der Waals surface area contributed by atoms with Crippen LogP contribution in [0.3, 0.4) is 0 Å². The fourth-order valence-corrected chi connectivity index (χ4v) is 1.21. The van der Waals surface area contributed by atoms with Gasteiger partial charge in [-0.2, -0.15) is 29.8 Å². The molecule has 0 aliphatic heterocycles. The molecule has 1 N–H and O–H groups in total. The third-order valence-electron chi connectivity index (χ3n) is 1.47. The molecule has 0 unspecified atom stereocenters. The van der Waals surface area contributed by atoms with E-state index in [9.17, 15) is 0 Å². The van der Waals surface area contributed by atoms with Gasteiger partial charge in [0.2, 0.25) is 0 Å². The van der Waals surface area contributed by atoms with Crippen LogP contribution in [-0.2, 0) is 32.7 Å². The fourth-order valence-electron chi connectivity index (χ4n) is 0.986. The van der Waals surface area contributed by atoms with Gasteiger partial charge in [-0.3, -0.25) is 0 Å².